The average molecular weight is 262 g/mol. The van der Waals surface area contributed by atoms with Crippen LogP contribution in [0.2, 0.25) is 0 Å². The maximum atomic E-state index is 4.08. The number of rotatable bonds is 4. The fourth-order valence-electron chi connectivity index (χ4n) is 2.37. The second kappa shape index (κ2) is 5.74. The second-order valence-electron chi connectivity index (χ2n) is 5.22. The van der Waals surface area contributed by atoms with E-state index in [1.807, 2.05) is 18.7 Å². The van der Waals surface area contributed by atoms with Gasteiger partial charge < -0.3 is 4.57 Å². The standard InChI is InChI=1S/C18H18N2/c1-15-5-7-16(8-6-15)11-17-3-2-4-18(12-17)13-20-10-9-19-14-20/h2-10,12,14H,11,13H2,1H3. The smallest absolute Gasteiger partial charge is 0.0949 e. The summed E-state index contributed by atoms with van der Waals surface area (Å²) in [4.78, 5) is 4.08. The van der Waals surface area contributed by atoms with Crippen molar-refractivity contribution < 1.29 is 0 Å². The van der Waals surface area contributed by atoms with Crippen LogP contribution < -0.4 is 0 Å². The number of aryl methyl sites for hydroxylation is 1. The van der Waals surface area contributed by atoms with Crippen LogP contribution in [0.4, 0.5) is 0 Å². The van der Waals surface area contributed by atoms with Crippen molar-refractivity contribution in [2.75, 3.05) is 0 Å². The lowest BCUT2D eigenvalue weighted by Gasteiger charge is -2.07. The van der Waals surface area contributed by atoms with Crippen LogP contribution in [0.15, 0.2) is 67.3 Å². The Bertz CT molecular complexity index is 667. The highest BCUT2D eigenvalue weighted by Crippen LogP contribution is 2.13. The molecule has 2 aromatic carbocycles. The van der Waals surface area contributed by atoms with Gasteiger partial charge >= 0.3 is 0 Å². The van der Waals surface area contributed by atoms with Crippen LogP contribution in [-0.2, 0) is 13.0 Å². The summed E-state index contributed by atoms with van der Waals surface area (Å²) in [6, 6.07) is 17.5. The molecule has 2 nitrogen and oxygen atoms in total. The molecule has 2 heteroatoms. The van der Waals surface area contributed by atoms with Crippen molar-refractivity contribution in [2.45, 2.75) is 19.9 Å². The molecule has 0 saturated carbocycles. The molecule has 0 saturated heterocycles. The molecular formula is C18H18N2. The van der Waals surface area contributed by atoms with E-state index >= 15 is 0 Å². The first kappa shape index (κ1) is 12.7. The quantitative estimate of drug-likeness (QED) is 0.698. The van der Waals surface area contributed by atoms with Gasteiger partial charge in [0, 0.05) is 18.9 Å². The fourth-order valence-corrected chi connectivity index (χ4v) is 2.37. The van der Waals surface area contributed by atoms with Gasteiger partial charge in [0.15, 0.2) is 0 Å². The minimum atomic E-state index is 0.877. The van der Waals surface area contributed by atoms with Gasteiger partial charge in [-0.2, -0.15) is 0 Å². The van der Waals surface area contributed by atoms with Crippen molar-refractivity contribution in [1.29, 1.82) is 0 Å². The van der Waals surface area contributed by atoms with Gasteiger partial charge in [-0.05, 0) is 30.0 Å². The van der Waals surface area contributed by atoms with Crippen molar-refractivity contribution in [3.8, 4) is 0 Å². The van der Waals surface area contributed by atoms with E-state index in [1.54, 1.807) is 0 Å². The van der Waals surface area contributed by atoms with E-state index in [-0.39, 0.29) is 0 Å². The van der Waals surface area contributed by atoms with Crippen molar-refractivity contribution in [3.05, 3.63) is 89.5 Å². The van der Waals surface area contributed by atoms with E-state index in [0.717, 1.165) is 13.0 Å². The zero-order chi connectivity index (χ0) is 13.8. The Morgan fingerprint density at radius 1 is 0.950 bits per heavy atom. The molecule has 0 atom stereocenters. The van der Waals surface area contributed by atoms with Crippen molar-refractivity contribution in [1.82, 2.24) is 9.55 Å². The number of hydrogen-bond donors (Lipinski definition) is 0. The molecule has 0 unspecified atom stereocenters. The van der Waals surface area contributed by atoms with Crippen molar-refractivity contribution in [3.63, 3.8) is 0 Å². The molecular weight excluding hydrogens is 244 g/mol. The molecule has 0 N–H and O–H groups in total. The van der Waals surface area contributed by atoms with Crippen LogP contribution >= 0.6 is 0 Å². The number of nitrogens with zero attached hydrogens (tertiary/aromatic N) is 2. The third kappa shape index (κ3) is 3.15. The predicted octanol–water partition coefficient (Wildman–Crippen LogP) is 3.83. The summed E-state index contributed by atoms with van der Waals surface area (Å²) in [6.45, 7) is 3.00. The van der Waals surface area contributed by atoms with Gasteiger partial charge in [-0.25, -0.2) is 4.98 Å². The van der Waals surface area contributed by atoms with Gasteiger partial charge in [0.2, 0.25) is 0 Å². The van der Waals surface area contributed by atoms with Gasteiger partial charge in [0.05, 0.1) is 6.33 Å². The Hall–Kier alpha value is -2.35. The monoisotopic (exact) mass is 262 g/mol. The largest absolute Gasteiger partial charge is 0.333 e. The van der Waals surface area contributed by atoms with E-state index in [1.165, 1.54) is 22.3 Å². The SMILES string of the molecule is Cc1ccc(Cc2cccc(Cn3ccnc3)c2)cc1. The Labute approximate surface area is 119 Å². The molecule has 3 rings (SSSR count). The summed E-state index contributed by atoms with van der Waals surface area (Å²) in [6.07, 6.45) is 6.65. The third-order valence-electron chi connectivity index (χ3n) is 3.44. The molecule has 1 heterocycles. The summed E-state index contributed by atoms with van der Waals surface area (Å²) in [5.41, 5.74) is 5.33. The number of imidazole rings is 1. The lowest BCUT2D eigenvalue weighted by molar-refractivity contribution is 0.796. The Morgan fingerprint density at radius 3 is 2.50 bits per heavy atom. The molecule has 100 valence electrons. The van der Waals surface area contributed by atoms with E-state index in [0.29, 0.717) is 0 Å². The van der Waals surface area contributed by atoms with Crippen LogP contribution in [0.3, 0.4) is 0 Å². The van der Waals surface area contributed by atoms with E-state index in [2.05, 4.69) is 65.0 Å². The van der Waals surface area contributed by atoms with Crippen LogP contribution in [0, 0.1) is 6.92 Å². The maximum absolute atomic E-state index is 4.08. The molecule has 0 aliphatic rings. The molecule has 0 spiro atoms. The molecule has 0 aliphatic carbocycles. The molecule has 0 radical (unpaired) electrons. The minimum Gasteiger partial charge on any atom is -0.333 e. The summed E-state index contributed by atoms with van der Waals surface area (Å²) in [5.74, 6) is 0. The molecule has 0 aliphatic heterocycles. The number of hydrogen-bond acceptors (Lipinski definition) is 1. The summed E-state index contributed by atoms with van der Waals surface area (Å²) in [5, 5.41) is 0. The first-order chi connectivity index (χ1) is 9.79. The Balaban J connectivity index is 1.75. The zero-order valence-electron chi connectivity index (χ0n) is 11.7. The Kier molecular flexibility index (Phi) is 3.64. The molecule has 0 bridgehead atoms. The van der Waals surface area contributed by atoms with Gasteiger partial charge in [-0.15, -0.1) is 0 Å². The van der Waals surface area contributed by atoms with Gasteiger partial charge in [-0.3, -0.25) is 0 Å². The highest BCUT2D eigenvalue weighted by molar-refractivity contribution is 5.31. The first-order valence-electron chi connectivity index (χ1n) is 6.89. The van der Waals surface area contributed by atoms with Crippen LogP contribution in [0.5, 0.6) is 0 Å². The lowest BCUT2D eigenvalue weighted by Crippen LogP contribution is -1.97. The second-order valence-corrected chi connectivity index (χ2v) is 5.22. The van der Waals surface area contributed by atoms with Crippen LogP contribution in [0.25, 0.3) is 0 Å². The number of aromatic nitrogens is 2. The molecule has 1 aromatic heterocycles. The van der Waals surface area contributed by atoms with E-state index in [9.17, 15) is 0 Å². The lowest BCUT2D eigenvalue weighted by atomic mass is 10.0. The summed E-state index contributed by atoms with van der Waals surface area (Å²) >= 11 is 0. The summed E-state index contributed by atoms with van der Waals surface area (Å²) in [7, 11) is 0. The third-order valence-corrected chi connectivity index (χ3v) is 3.44. The van der Waals surface area contributed by atoms with Crippen LogP contribution in [-0.4, -0.2) is 9.55 Å². The van der Waals surface area contributed by atoms with Crippen LogP contribution in [0.1, 0.15) is 22.3 Å². The predicted molar refractivity (Wildman–Crippen MR) is 81.8 cm³/mol. The topological polar surface area (TPSA) is 17.8 Å². The maximum Gasteiger partial charge on any atom is 0.0949 e. The molecule has 3 aromatic rings. The van der Waals surface area contributed by atoms with Gasteiger partial charge in [0.25, 0.3) is 0 Å². The Morgan fingerprint density at radius 2 is 1.75 bits per heavy atom. The van der Waals surface area contributed by atoms with E-state index < -0.39 is 0 Å². The van der Waals surface area contributed by atoms with E-state index in [4.69, 9.17) is 0 Å². The molecule has 20 heavy (non-hydrogen) atoms. The normalized spacial score (nSPS) is 10.7. The minimum absolute atomic E-state index is 0.877. The van der Waals surface area contributed by atoms with Crippen molar-refractivity contribution in [2.24, 2.45) is 0 Å². The van der Waals surface area contributed by atoms with Gasteiger partial charge in [0.1, 0.15) is 0 Å². The molecule has 0 amide bonds. The first-order valence-corrected chi connectivity index (χ1v) is 6.89. The highest BCUT2D eigenvalue weighted by Gasteiger charge is 1.99. The fraction of sp³-hybridized carbons (Fsp3) is 0.167. The van der Waals surface area contributed by atoms with Crippen molar-refractivity contribution >= 4 is 0 Å². The van der Waals surface area contributed by atoms with Gasteiger partial charge in [-0.1, -0.05) is 54.1 Å². The average Bonchev–Trinajstić information content (AvgIpc) is 2.95. The summed E-state index contributed by atoms with van der Waals surface area (Å²) < 4.78 is 2.09. The highest BCUT2D eigenvalue weighted by atomic mass is 15.0. The molecule has 0 fully saturated rings. The zero-order valence-corrected chi connectivity index (χ0v) is 11.7. The number of benzene rings is 2.